The molecule has 0 radical (unpaired) electrons. The van der Waals surface area contributed by atoms with Crippen LogP contribution in [0, 0.1) is 6.92 Å². The van der Waals surface area contributed by atoms with Crippen molar-refractivity contribution >= 4 is 28.7 Å². The Morgan fingerprint density at radius 2 is 1.94 bits per heavy atom. The third-order valence-electron chi connectivity index (χ3n) is 6.74. The molecule has 3 heterocycles. The number of amides is 1. The van der Waals surface area contributed by atoms with Crippen LogP contribution < -0.4 is 15.4 Å². The summed E-state index contributed by atoms with van der Waals surface area (Å²) in [4.78, 5) is 32.4. The summed E-state index contributed by atoms with van der Waals surface area (Å²) in [5.41, 5.74) is 5.78. The fraction of sp³-hybridized carbons (Fsp3) is 0.250. The molecule has 0 fully saturated rings. The van der Waals surface area contributed by atoms with Gasteiger partial charge in [-0.25, -0.2) is 0 Å². The summed E-state index contributed by atoms with van der Waals surface area (Å²) in [6.45, 7) is 3.95. The first-order chi connectivity index (χ1) is 17.0. The van der Waals surface area contributed by atoms with Gasteiger partial charge in [-0.3, -0.25) is 14.6 Å². The summed E-state index contributed by atoms with van der Waals surface area (Å²) >= 11 is 1.59. The summed E-state index contributed by atoms with van der Waals surface area (Å²) in [6.07, 6.45) is 4.40. The third-order valence-corrected chi connectivity index (χ3v) is 7.83. The zero-order chi connectivity index (χ0) is 24.5. The van der Waals surface area contributed by atoms with Crippen molar-refractivity contribution in [1.29, 1.82) is 0 Å². The molecule has 0 spiro atoms. The van der Waals surface area contributed by atoms with Crippen molar-refractivity contribution in [3.05, 3.63) is 98.8 Å². The van der Waals surface area contributed by atoms with Gasteiger partial charge in [0.2, 0.25) is 0 Å². The van der Waals surface area contributed by atoms with E-state index in [0.717, 1.165) is 33.1 Å². The van der Waals surface area contributed by atoms with Crippen molar-refractivity contribution in [3.8, 4) is 5.75 Å². The van der Waals surface area contributed by atoms with Crippen LogP contribution in [0.4, 0.5) is 5.69 Å². The molecule has 1 amide bonds. The number of carbonyl (C=O) groups is 2. The van der Waals surface area contributed by atoms with Crippen molar-refractivity contribution in [2.24, 2.45) is 0 Å². The van der Waals surface area contributed by atoms with Crippen LogP contribution in [0.1, 0.15) is 47.6 Å². The van der Waals surface area contributed by atoms with Crippen LogP contribution in [0.25, 0.3) is 0 Å². The molecule has 0 saturated carbocycles. The largest absolute Gasteiger partial charge is 0.497 e. The summed E-state index contributed by atoms with van der Waals surface area (Å²) < 4.78 is 5.29. The Morgan fingerprint density at radius 3 is 2.60 bits per heavy atom. The smallest absolute Gasteiger partial charge is 0.254 e. The minimum atomic E-state index is -0.396. The summed E-state index contributed by atoms with van der Waals surface area (Å²) in [6, 6.07) is 13.5. The predicted octanol–water partition coefficient (Wildman–Crippen LogP) is 5.46. The second-order valence-corrected chi connectivity index (χ2v) is 9.90. The number of methoxy groups -OCH3 is 1. The molecule has 5 rings (SSSR count). The molecule has 1 aliphatic carbocycles. The quantitative estimate of drug-likeness (QED) is 0.502. The van der Waals surface area contributed by atoms with E-state index in [4.69, 9.17) is 4.74 Å². The number of pyridine rings is 1. The zero-order valence-electron chi connectivity index (χ0n) is 19.9. The van der Waals surface area contributed by atoms with Crippen molar-refractivity contribution in [1.82, 2.24) is 10.3 Å². The number of ether oxygens (including phenoxy) is 1. The van der Waals surface area contributed by atoms with Crippen LogP contribution >= 0.6 is 11.3 Å². The Hall–Kier alpha value is -3.71. The molecular weight excluding hydrogens is 458 g/mol. The SMILES string of the molecule is COc1ccc(C2CC(=O)C3=C(C2)NC(C)=C(C(=O)Nc2cccnc2)C3c2sccc2C)cc1. The lowest BCUT2D eigenvalue weighted by Crippen LogP contribution is -2.37. The number of hydrogen-bond acceptors (Lipinski definition) is 6. The highest BCUT2D eigenvalue weighted by molar-refractivity contribution is 7.10. The molecule has 178 valence electrons. The number of carbonyl (C=O) groups excluding carboxylic acids is 2. The summed E-state index contributed by atoms with van der Waals surface area (Å²) in [7, 11) is 1.64. The van der Waals surface area contributed by atoms with Gasteiger partial charge in [-0.05, 0) is 73.0 Å². The Kier molecular flexibility index (Phi) is 6.26. The van der Waals surface area contributed by atoms with Gasteiger partial charge in [0.25, 0.3) is 5.91 Å². The number of nitrogens with zero attached hydrogens (tertiary/aromatic N) is 1. The van der Waals surface area contributed by atoms with E-state index in [9.17, 15) is 9.59 Å². The highest BCUT2D eigenvalue weighted by Crippen LogP contribution is 2.47. The molecule has 1 aromatic carbocycles. The fourth-order valence-electron chi connectivity index (χ4n) is 5.03. The van der Waals surface area contributed by atoms with Gasteiger partial charge in [-0.15, -0.1) is 11.3 Å². The Labute approximate surface area is 208 Å². The standard InChI is InChI=1S/C28H27N3O3S/c1-16-10-12-35-27(16)26-24(28(33)31-20-5-4-11-29-15-20)17(2)30-22-13-19(14-23(32)25(22)26)18-6-8-21(34-3)9-7-18/h4-12,15,19,26,30H,13-14H2,1-3H3,(H,31,33). The molecule has 2 N–H and O–H groups in total. The fourth-order valence-corrected chi connectivity index (χ4v) is 6.07. The van der Waals surface area contributed by atoms with E-state index in [1.807, 2.05) is 49.6 Å². The number of rotatable bonds is 5. The summed E-state index contributed by atoms with van der Waals surface area (Å²) in [5, 5.41) is 8.43. The van der Waals surface area contributed by atoms with Crippen LogP contribution in [0.2, 0.25) is 0 Å². The van der Waals surface area contributed by atoms with Gasteiger partial charge < -0.3 is 15.4 Å². The monoisotopic (exact) mass is 485 g/mol. The number of hydrogen-bond donors (Lipinski definition) is 2. The van der Waals surface area contributed by atoms with Crippen LogP contribution in [-0.4, -0.2) is 23.8 Å². The number of thiophene rings is 1. The van der Waals surface area contributed by atoms with E-state index in [-0.39, 0.29) is 17.6 Å². The Morgan fingerprint density at radius 1 is 1.14 bits per heavy atom. The van der Waals surface area contributed by atoms with Gasteiger partial charge in [-0.1, -0.05) is 12.1 Å². The van der Waals surface area contributed by atoms with E-state index in [0.29, 0.717) is 29.7 Å². The molecular formula is C28H27N3O3S. The van der Waals surface area contributed by atoms with E-state index in [1.165, 1.54) is 0 Å². The molecule has 35 heavy (non-hydrogen) atoms. The lowest BCUT2D eigenvalue weighted by molar-refractivity contribution is -0.116. The first-order valence-electron chi connectivity index (χ1n) is 11.6. The van der Waals surface area contributed by atoms with Crippen LogP contribution in [0.15, 0.2) is 82.8 Å². The van der Waals surface area contributed by atoms with E-state index in [2.05, 4.69) is 15.6 Å². The maximum absolute atomic E-state index is 13.7. The van der Waals surface area contributed by atoms with Gasteiger partial charge in [0.1, 0.15) is 5.75 Å². The first-order valence-corrected chi connectivity index (χ1v) is 12.5. The molecule has 2 aliphatic rings. The maximum atomic E-state index is 13.7. The molecule has 3 aromatic rings. The zero-order valence-corrected chi connectivity index (χ0v) is 20.7. The first kappa shape index (κ1) is 23.1. The van der Waals surface area contributed by atoms with E-state index >= 15 is 0 Å². The summed E-state index contributed by atoms with van der Waals surface area (Å²) in [5.74, 6) is 0.326. The minimum Gasteiger partial charge on any atom is -0.497 e. The van der Waals surface area contributed by atoms with Crippen LogP contribution in [0.5, 0.6) is 5.75 Å². The van der Waals surface area contributed by atoms with Gasteiger partial charge in [0.05, 0.1) is 24.9 Å². The number of aromatic nitrogens is 1. The van der Waals surface area contributed by atoms with E-state index in [1.54, 1.807) is 43.0 Å². The number of aryl methyl sites for hydroxylation is 1. The Balaban J connectivity index is 1.53. The molecule has 7 heteroatoms. The lowest BCUT2D eigenvalue weighted by Gasteiger charge is -2.36. The molecule has 0 saturated heterocycles. The molecule has 2 aromatic heterocycles. The van der Waals surface area contributed by atoms with Gasteiger partial charge >= 0.3 is 0 Å². The second-order valence-electron chi connectivity index (χ2n) is 8.95. The molecule has 2 unspecified atom stereocenters. The van der Waals surface area contributed by atoms with Gasteiger partial charge in [-0.2, -0.15) is 0 Å². The van der Waals surface area contributed by atoms with E-state index < -0.39 is 5.92 Å². The number of ketones is 1. The Bertz CT molecular complexity index is 1340. The number of nitrogens with one attached hydrogen (secondary N) is 2. The number of Topliss-reactive ketones (excluding diaryl/α,β-unsaturated/α-hetero) is 1. The molecule has 2 atom stereocenters. The maximum Gasteiger partial charge on any atom is 0.254 e. The topological polar surface area (TPSA) is 80.3 Å². The molecule has 0 bridgehead atoms. The number of anilines is 1. The minimum absolute atomic E-state index is 0.0725. The number of dihydropyridines is 1. The van der Waals surface area contributed by atoms with Crippen molar-refractivity contribution in [2.75, 3.05) is 12.4 Å². The number of benzene rings is 1. The van der Waals surface area contributed by atoms with Crippen LogP contribution in [-0.2, 0) is 9.59 Å². The van der Waals surface area contributed by atoms with Gasteiger partial charge in [0, 0.05) is 40.0 Å². The lowest BCUT2D eigenvalue weighted by atomic mass is 9.73. The second kappa shape index (κ2) is 9.50. The average molecular weight is 486 g/mol. The third kappa shape index (κ3) is 4.39. The number of allylic oxidation sites excluding steroid dienone is 3. The van der Waals surface area contributed by atoms with Crippen molar-refractivity contribution < 1.29 is 14.3 Å². The highest BCUT2D eigenvalue weighted by Gasteiger charge is 2.41. The van der Waals surface area contributed by atoms with Crippen molar-refractivity contribution in [2.45, 2.75) is 38.5 Å². The predicted molar refractivity (Wildman–Crippen MR) is 138 cm³/mol. The van der Waals surface area contributed by atoms with Crippen LogP contribution in [0.3, 0.4) is 0 Å². The van der Waals surface area contributed by atoms with Gasteiger partial charge in [0.15, 0.2) is 5.78 Å². The molecule has 6 nitrogen and oxygen atoms in total. The average Bonchev–Trinajstić information content (AvgIpc) is 3.29. The molecule has 1 aliphatic heterocycles. The normalized spacial score (nSPS) is 19.8. The van der Waals surface area contributed by atoms with Crippen molar-refractivity contribution in [3.63, 3.8) is 0 Å². The highest BCUT2D eigenvalue weighted by atomic mass is 32.1.